The van der Waals surface area contributed by atoms with E-state index in [9.17, 15) is 0 Å². The van der Waals surface area contributed by atoms with Crippen molar-refractivity contribution in [2.24, 2.45) is 0 Å². The van der Waals surface area contributed by atoms with Crippen LogP contribution in [0.15, 0.2) is 42.5 Å². The molecule has 0 N–H and O–H groups in total. The second-order valence-electron chi connectivity index (χ2n) is 5.81. The minimum Gasteiger partial charge on any atom is -0.222 e. The summed E-state index contributed by atoms with van der Waals surface area (Å²) in [6.07, 6.45) is 0. The van der Waals surface area contributed by atoms with E-state index in [-0.39, 0.29) is 5.41 Å². The molecule has 4 nitrogen and oxygen atoms in total. The number of halogens is 1. The van der Waals surface area contributed by atoms with Crippen molar-refractivity contribution in [2.75, 3.05) is 0 Å². The smallest absolute Gasteiger partial charge is 0.222 e. The van der Waals surface area contributed by atoms with Gasteiger partial charge in [-0.3, -0.25) is 0 Å². The maximum Gasteiger partial charge on any atom is 0.238 e. The molecule has 120 valence electrons. The molecule has 1 aromatic heterocycles. The van der Waals surface area contributed by atoms with E-state index in [1.807, 2.05) is 11.3 Å². The third-order valence-corrected chi connectivity index (χ3v) is 3.85. The minimum absolute atomic E-state index is 0.211. The molecule has 0 unspecified atom stereocenters. The van der Waals surface area contributed by atoms with E-state index in [0.29, 0.717) is 0 Å². The number of hydrogen-bond donors (Lipinski definition) is 0. The van der Waals surface area contributed by atoms with Gasteiger partial charge in [0.05, 0.1) is 0 Å². The Bertz CT molecular complexity index is 598. The van der Waals surface area contributed by atoms with E-state index >= 15 is 0 Å². The highest BCUT2D eigenvalue weighted by Gasteiger charge is 2.20. The largest absolute Gasteiger partial charge is 0.238 e. The minimum atomic E-state index is -4.94. The van der Waals surface area contributed by atoms with Crippen molar-refractivity contribution in [2.45, 2.75) is 33.1 Å². The van der Waals surface area contributed by atoms with Gasteiger partial charge >= 0.3 is 0 Å². The van der Waals surface area contributed by atoms with Gasteiger partial charge in [0.1, 0.15) is 0 Å². The molecule has 0 spiro atoms. The molecule has 1 heterocycles. The van der Waals surface area contributed by atoms with Crippen LogP contribution in [-0.2, 0) is 5.41 Å². The highest BCUT2D eigenvalue weighted by Crippen LogP contribution is 2.32. The summed E-state index contributed by atoms with van der Waals surface area (Å²) >= 11 is 1.86. The van der Waals surface area contributed by atoms with Crippen molar-refractivity contribution in [3.8, 4) is 10.4 Å². The Morgan fingerprint density at radius 1 is 0.909 bits per heavy atom. The third-order valence-electron chi connectivity index (χ3n) is 2.84. The summed E-state index contributed by atoms with van der Waals surface area (Å²) < 4.78 is 34.0. The predicted molar refractivity (Wildman–Crippen MR) is 77.6 cm³/mol. The molecule has 0 aliphatic carbocycles. The Morgan fingerprint density at radius 3 is 1.86 bits per heavy atom. The molecule has 0 aliphatic heterocycles. The van der Waals surface area contributed by atoms with Crippen LogP contribution in [0, 0.1) is 17.2 Å². The number of benzene rings is 1. The first-order chi connectivity index (χ1) is 9.97. The molecular formula is C16H19ClO4S. The quantitative estimate of drug-likeness (QED) is 0.707. The molecule has 0 aliphatic rings. The highest BCUT2D eigenvalue weighted by atomic mass is 35.7. The summed E-state index contributed by atoms with van der Waals surface area (Å²) in [5.74, 6) is 0. The molecule has 0 amide bonds. The molecule has 0 bridgehead atoms. The molecular weight excluding hydrogens is 324 g/mol. The Balaban J connectivity index is 0.000000422. The van der Waals surface area contributed by atoms with Gasteiger partial charge in [-0.2, -0.15) is 0 Å². The Hall–Kier alpha value is -1.08. The molecule has 2 rings (SSSR count). The zero-order chi connectivity index (χ0) is 17.0. The van der Waals surface area contributed by atoms with E-state index in [2.05, 4.69) is 70.2 Å². The monoisotopic (exact) mass is 342 g/mol. The standard InChI is InChI=1S/C16H19S.ClHO4/c1-12-10-14(16(2,3)4)11-15(17-12)13-8-6-5-7-9-13;2-1(3,4)5/h5-11H,1-4H3;(H,2,3,4,5)/q+1;/p-1. The molecule has 0 fully saturated rings. The molecule has 0 radical (unpaired) electrons. The lowest BCUT2D eigenvalue weighted by atomic mass is 9.87. The summed E-state index contributed by atoms with van der Waals surface area (Å²) in [6.45, 7) is 8.98. The zero-order valence-corrected chi connectivity index (χ0v) is 14.5. The Labute approximate surface area is 137 Å². The summed E-state index contributed by atoms with van der Waals surface area (Å²) in [5.41, 5.74) is 2.93. The normalized spacial score (nSPS) is 11.6. The van der Waals surface area contributed by atoms with Gasteiger partial charge in [0.25, 0.3) is 0 Å². The summed E-state index contributed by atoms with van der Waals surface area (Å²) in [6, 6.07) is 15.2. The van der Waals surface area contributed by atoms with Gasteiger partial charge in [-0.1, -0.05) is 39.0 Å². The molecule has 22 heavy (non-hydrogen) atoms. The van der Waals surface area contributed by atoms with Gasteiger partial charge in [0.2, 0.25) is 21.1 Å². The second-order valence-corrected chi connectivity index (χ2v) is 7.86. The van der Waals surface area contributed by atoms with Crippen LogP contribution in [0.5, 0.6) is 0 Å². The number of rotatable bonds is 1. The van der Waals surface area contributed by atoms with E-state index in [1.165, 1.54) is 20.9 Å². The van der Waals surface area contributed by atoms with Gasteiger partial charge in [-0.05, 0) is 23.1 Å². The fraction of sp³-hybridized carbons (Fsp3) is 0.312. The molecule has 0 atom stereocenters. The summed E-state index contributed by atoms with van der Waals surface area (Å²) in [7, 11) is -4.94. The van der Waals surface area contributed by atoms with Gasteiger partial charge in [-0.25, -0.2) is 18.6 Å². The SMILES string of the molecule is Cc1cc(C(C)(C)C)cc(-c2ccccc2)[s+]1.[O-][Cl+3]([O-])([O-])[O-]. The molecule has 0 saturated heterocycles. The highest BCUT2D eigenvalue weighted by molar-refractivity contribution is 7.15. The molecule has 2 aromatic rings. The van der Waals surface area contributed by atoms with Gasteiger partial charge in [-0.15, -0.1) is 10.2 Å². The first-order valence-corrected chi connectivity index (χ1v) is 8.64. The van der Waals surface area contributed by atoms with Gasteiger partial charge in [0.15, 0.2) is 0 Å². The average molecular weight is 343 g/mol. The lowest BCUT2D eigenvalue weighted by Crippen LogP contribution is -2.68. The molecule has 1 aromatic carbocycles. The lowest BCUT2D eigenvalue weighted by molar-refractivity contribution is -2.00. The van der Waals surface area contributed by atoms with Crippen LogP contribution in [0.4, 0.5) is 0 Å². The van der Waals surface area contributed by atoms with E-state index in [4.69, 9.17) is 18.6 Å². The fourth-order valence-corrected chi connectivity index (χ4v) is 2.78. The molecule has 0 saturated carbocycles. The van der Waals surface area contributed by atoms with Crippen molar-refractivity contribution in [3.05, 3.63) is 52.9 Å². The lowest BCUT2D eigenvalue weighted by Gasteiger charge is -2.17. The maximum atomic E-state index is 8.49. The predicted octanol–water partition coefficient (Wildman–Crippen LogP) is 0.546. The first kappa shape index (κ1) is 19.0. The van der Waals surface area contributed by atoms with Crippen LogP contribution < -0.4 is 18.6 Å². The van der Waals surface area contributed by atoms with E-state index in [1.54, 1.807) is 0 Å². The zero-order valence-electron chi connectivity index (χ0n) is 13.0. The van der Waals surface area contributed by atoms with Crippen molar-refractivity contribution in [1.82, 2.24) is 0 Å². The molecule has 6 heteroatoms. The average Bonchev–Trinajstić information content (AvgIpc) is 2.36. The third kappa shape index (κ3) is 7.26. The Morgan fingerprint density at radius 2 is 1.41 bits per heavy atom. The van der Waals surface area contributed by atoms with Crippen LogP contribution in [0.1, 0.15) is 31.2 Å². The van der Waals surface area contributed by atoms with Crippen LogP contribution in [0.2, 0.25) is 0 Å². The van der Waals surface area contributed by atoms with Crippen molar-refractivity contribution in [1.29, 1.82) is 0 Å². The van der Waals surface area contributed by atoms with Crippen LogP contribution in [-0.4, -0.2) is 0 Å². The van der Waals surface area contributed by atoms with Crippen LogP contribution in [0.3, 0.4) is 0 Å². The van der Waals surface area contributed by atoms with Crippen LogP contribution in [0.25, 0.3) is 10.4 Å². The Kier molecular flexibility index (Phi) is 6.43. The van der Waals surface area contributed by atoms with Crippen molar-refractivity contribution in [3.63, 3.8) is 0 Å². The van der Waals surface area contributed by atoms with Crippen molar-refractivity contribution >= 4 is 11.3 Å². The number of aryl methyl sites for hydroxylation is 1. The van der Waals surface area contributed by atoms with E-state index < -0.39 is 10.2 Å². The summed E-state index contributed by atoms with van der Waals surface area (Å²) in [5, 5.41) is 0. The van der Waals surface area contributed by atoms with Gasteiger partial charge < -0.3 is 0 Å². The summed E-state index contributed by atoms with van der Waals surface area (Å²) in [4.78, 5) is 2.73. The maximum absolute atomic E-state index is 8.49. The fourth-order valence-electron chi connectivity index (χ4n) is 1.81. The van der Waals surface area contributed by atoms with Crippen LogP contribution >= 0.6 is 11.3 Å². The van der Waals surface area contributed by atoms with Crippen molar-refractivity contribution < 1.29 is 28.9 Å². The van der Waals surface area contributed by atoms with E-state index in [0.717, 1.165) is 0 Å². The second kappa shape index (κ2) is 7.46. The first-order valence-electron chi connectivity index (χ1n) is 6.59. The topological polar surface area (TPSA) is 92.2 Å². The van der Waals surface area contributed by atoms with Gasteiger partial charge in [0, 0.05) is 24.6 Å². The number of hydrogen-bond acceptors (Lipinski definition) is 4.